The fourth-order valence-corrected chi connectivity index (χ4v) is 10.8. The van der Waals surface area contributed by atoms with Crippen LogP contribution in [0.25, 0.3) is 0 Å². The van der Waals surface area contributed by atoms with Crippen molar-refractivity contribution in [2.75, 3.05) is 46.7 Å². The Balaban J connectivity index is 1.46. The molecule has 3 aliphatic rings. The van der Waals surface area contributed by atoms with Crippen LogP contribution in [0.2, 0.25) is 0 Å². The average molecular weight is 1130 g/mol. The summed E-state index contributed by atoms with van der Waals surface area (Å²) in [6.07, 6.45) is -2.22. The lowest BCUT2D eigenvalue weighted by atomic mass is 9.88. The highest BCUT2D eigenvalue weighted by Crippen LogP contribution is 2.33. The van der Waals surface area contributed by atoms with Crippen molar-refractivity contribution < 1.29 is 82.8 Å². The Morgan fingerprint density at radius 3 is 2.16 bits per heavy atom. The standard InChI is InChI=1S/C56H89N7O17/c1-13-32(6)44(39(76-11)27-41(65)63-25-17-18-37(63)48(77-12)34(8)50(69)58-33(7)28-56(75)22-15-14-16-23-56)61(9)52(71)42(30(2)3)60-51(70)43(31(4)5)62(10)55(74)78-29-35-19-20-38(36(26-35)59-40(64)21-24-57)79-54-47(68)45(66)46(67)49(80-54)53(72)73/h14-16,19-20,22,26,30-34,37,39,42-49,54,66-68,75H,13,17-18,21,23-25,27-29,57H2,1-12H3,(H,58,69)(H,59,64)(H,60,70)(H,72,73)/t32-,33+,34+,37-,39+,42-,43-,44-,45-,46-,47+,48+,49-,54+,56-/m0/s1. The molecule has 2 saturated heterocycles. The zero-order valence-electron chi connectivity index (χ0n) is 48.4. The van der Waals surface area contributed by atoms with E-state index < -0.39 is 127 Å². The number of rotatable bonds is 28. The molecule has 24 nitrogen and oxygen atoms in total. The van der Waals surface area contributed by atoms with Crippen LogP contribution in [0.3, 0.4) is 0 Å². The number of anilines is 1. The number of nitrogens with two attached hydrogens (primary N) is 1. The summed E-state index contributed by atoms with van der Waals surface area (Å²) < 4.78 is 28.6. The maximum absolute atomic E-state index is 14.8. The van der Waals surface area contributed by atoms with E-state index in [1.165, 1.54) is 44.4 Å². The SMILES string of the molecule is CC[C@H](C)[C@@H]([C@@H](CC(=O)N1CCC[C@H]1[C@H](OC)[C@@H](C)C(=O)N[C@H](C)C[C@]1(O)C=CC=CC1)OC)N(C)C(=O)[C@@H](NC(=O)[C@H](C(C)C)N(C)C(=O)OCc1ccc(O[C@@H]2O[C@H](C(=O)O)[C@@H](O)[C@H](O)[C@H]2O)c(NC(=O)CCN)c1)C(C)C. The molecule has 4 rings (SSSR count). The molecule has 1 aliphatic carbocycles. The number of allylic oxidation sites excluding steroid dienone is 2. The smallest absolute Gasteiger partial charge is 0.410 e. The van der Waals surface area contributed by atoms with Crippen molar-refractivity contribution >= 4 is 47.3 Å². The third-order valence-corrected chi connectivity index (χ3v) is 15.4. The number of carbonyl (C=O) groups excluding carboxylic acids is 6. The number of aliphatic carboxylic acids is 1. The van der Waals surface area contributed by atoms with Gasteiger partial charge in [-0.1, -0.05) is 85.3 Å². The molecule has 24 heteroatoms. The highest BCUT2D eigenvalue weighted by molar-refractivity contribution is 5.93. The van der Waals surface area contributed by atoms with Crippen molar-refractivity contribution in [3.63, 3.8) is 0 Å². The summed E-state index contributed by atoms with van der Waals surface area (Å²) >= 11 is 0. The summed E-state index contributed by atoms with van der Waals surface area (Å²) in [6.45, 7) is 14.6. The van der Waals surface area contributed by atoms with E-state index in [4.69, 9.17) is 29.4 Å². The summed E-state index contributed by atoms with van der Waals surface area (Å²) in [6, 6.07) is 0.483. The predicted molar refractivity (Wildman–Crippen MR) is 293 cm³/mol. The Labute approximate surface area is 469 Å². The number of amides is 6. The highest BCUT2D eigenvalue weighted by atomic mass is 16.7. The number of likely N-dealkylation sites (N-methyl/N-ethyl adjacent to an activating group) is 2. The Hall–Kier alpha value is -5.73. The molecule has 0 spiro atoms. The maximum Gasteiger partial charge on any atom is 0.410 e. The van der Waals surface area contributed by atoms with Crippen molar-refractivity contribution in [3.05, 3.63) is 48.1 Å². The predicted octanol–water partition coefficient (Wildman–Crippen LogP) is 2.04. The average Bonchev–Trinajstić information content (AvgIpc) is 3.89. The minimum Gasteiger partial charge on any atom is -0.479 e. The largest absolute Gasteiger partial charge is 0.479 e. The molecule has 80 heavy (non-hydrogen) atoms. The second kappa shape index (κ2) is 30.4. The second-order valence-electron chi connectivity index (χ2n) is 22.2. The second-order valence-corrected chi connectivity index (χ2v) is 22.2. The molecular formula is C56H89N7O17. The minimum atomic E-state index is -1.97. The topological polar surface area (TPSA) is 339 Å². The van der Waals surface area contributed by atoms with Gasteiger partial charge in [0, 0.05) is 53.9 Å². The number of carboxylic acid groups (broad SMARTS) is 1. The van der Waals surface area contributed by atoms with Crippen LogP contribution in [0.15, 0.2) is 42.5 Å². The first-order valence-electron chi connectivity index (χ1n) is 27.6. The van der Waals surface area contributed by atoms with Crippen LogP contribution < -0.4 is 26.4 Å². The van der Waals surface area contributed by atoms with Gasteiger partial charge >= 0.3 is 12.1 Å². The van der Waals surface area contributed by atoms with Crippen LogP contribution in [-0.4, -0.2) is 202 Å². The summed E-state index contributed by atoms with van der Waals surface area (Å²) in [7, 11) is 6.00. The van der Waals surface area contributed by atoms with Crippen molar-refractivity contribution in [3.8, 4) is 5.75 Å². The number of likely N-dealkylation sites (tertiary alicyclic amines) is 1. The number of nitrogens with zero attached hydrogens (tertiary/aromatic N) is 3. The molecule has 0 saturated carbocycles. The van der Waals surface area contributed by atoms with Gasteiger partial charge in [-0.3, -0.25) is 28.9 Å². The molecule has 15 atom stereocenters. The number of aliphatic hydroxyl groups excluding tert-OH is 3. The monoisotopic (exact) mass is 1130 g/mol. The molecule has 0 aromatic heterocycles. The van der Waals surface area contributed by atoms with E-state index in [2.05, 4.69) is 16.0 Å². The lowest BCUT2D eigenvalue weighted by Gasteiger charge is -2.41. The van der Waals surface area contributed by atoms with Gasteiger partial charge in [-0.15, -0.1) is 0 Å². The van der Waals surface area contributed by atoms with Crippen LogP contribution in [0.4, 0.5) is 10.5 Å². The first-order valence-corrected chi connectivity index (χ1v) is 27.6. The number of nitrogens with one attached hydrogen (secondary N) is 3. The highest BCUT2D eigenvalue weighted by Gasteiger charge is 2.49. The minimum absolute atomic E-state index is 0.0179. The summed E-state index contributed by atoms with van der Waals surface area (Å²) in [5.74, 6) is -5.67. The van der Waals surface area contributed by atoms with Gasteiger partial charge in [-0.25, -0.2) is 9.59 Å². The molecule has 450 valence electrons. The van der Waals surface area contributed by atoms with E-state index in [9.17, 15) is 59.1 Å². The van der Waals surface area contributed by atoms with Crippen LogP contribution in [0.1, 0.15) is 106 Å². The molecular weight excluding hydrogens is 1040 g/mol. The molecule has 2 fully saturated rings. The number of hydrogen-bond acceptors (Lipinski definition) is 17. The van der Waals surface area contributed by atoms with E-state index in [-0.39, 0.29) is 54.6 Å². The number of ether oxygens (including phenoxy) is 5. The molecule has 0 unspecified atom stereocenters. The Morgan fingerprint density at radius 2 is 1.59 bits per heavy atom. The van der Waals surface area contributed by atoms with E-state index in [0.717, 1.165) is 4.90 Å². The number of benzene rings is 1. The molecule has 2 aliphatic heterocycles. The van der Waals surface area contributed by atoms with Gasteiger partial charge in [0.2, 0.25) is 35.8 Å². The van der Waals surface area contributed by atoms with Gasteiger partial charge in [0.15, 0.2) is 6.10 Å². The molecule has 10 N–H and O–H groups in total. The van der Waals surface area contributed by atoms with Crippen LogP contribution in [-0.2, 0) is 54.3 Å². The maximum atomic E-state index is 14.8. The fraction of sp³-hybridized carbons (Fsp3) is 0.696. The van der Waals surface area contributed by atoms with Crippen LogP contribution in [0, 0.1) is 23.7 Å². The third kappa shape index (κ3) is 17.2. The molecule has 0 radical (unpaired) electrons. The molecule has 0 bridgehead atoms. The van der Waals surface area contributed by atoms with Gasteiger partial charge < -0.3 is 80.7 Å². The normalized spacial score (nSPS) is 24.9. The third-order valence-electron chi connectivity index (χ3n) is 15.4. The Bertz CT molecular complexity index is 2340. The van der Waals surface area contributed by atoms with E-state index in [0.29, 0.717) is 44.2 Å². The first kappa shape index (κ1) is 66.8. The number of methoxy groups -OCH3 is 2. The summed E-state index contributed by atoms with van der Waals surface area (Å²) in [4.78, 5) is 99.7. The number of aliphatic hydroxyl groups is 4. The summed E-state index contributed by atoms with van der Waals surface area (Å²) in [5.41, 5.74) is 4.78. The Kier molecular flexibility index (Phi) is 25.3. The fourth-order valence-electron chi connectivity index (χ4n) is 10.8. The van der Waals surface area contributed by atoms with E-state index in [1.807, 2.05) is 32.9 Å². The zero-order valence-corrected chi connectivity index (χ0v) is 48.4. The van der Waals surface area contributed by atoms with Crippen LogP contribution >= 0.6 is 0 Å². The number of carbonyl (C=O) groups is 7. The van der Waals surface area contributed by atoms with Gasteiger partial charge in [-0.2, -0.15) is 0 Å². The van der Waals surface area contributed by atoms with Gasteiger partial charge in [-0.05, 0) is 68.1 Å². The zero-order chi connectivity index (χ0) is 59.9. The van der Waals surface area contributed by atoms with Gasteiger partial charge in [0.1, 0.15) is 42.8 Å². The van der Waals surface area contributed by atoms with Gasteiger partial charge in [0.05, 0.1) is 47.9 Å². The number of carboxylic acids is 1. The van der Waals surface area contributed by atoms with Crippen molar-refractivity contribution in [2.24, 2.45) is 29.4 Å². The summed E-state index contributed by atoms with van der Waals surface area (Å²) in [5, 5.41) is 60.0. The number of hydrogen-bond donors (Lipinski definition) is 9. The lowest BCUT2D eigenvalue weighted by molar-refractivity contribution is -0.271. The first-order chi connectivity index (χ1) is 37.6. The van der Waals surface area contributed by atoms with Crippen molar-refractivity contribution in [1.29, 1.82) is 0 Å². The van der Waals surface area contributed by atoms with Crippen molar-refractivity contribution in [2.45, 2.75) is 186 Å². The van der Waals surface area contributed by atoms with Crippen LogP contribution in [0.5, 0.6) is 5.75 Å². The molecule has 1 aromatic rings. The molecule has 2 heterocycles. The quantitative estimate of drug-likeness (QED) is 0.0580. The van der Waals surface area contributed by atoms with E-state index in [1.54, 1.807) is 58.7 Å². The van der Waals surface area contributed by atoms with E-state index >= 15 is 0 Å². The molecule has 1 aromatic carbocycles. The van der Waals surface area contributed by atoms with Gasteiger partial charge in [0.25, 0.3) is 0 Å². The molecule has 6 amide bonds. The lowest BCUT2D eigenvalue weighted by Crippen LogP contribution is -2.61. The Morgan fingerprint density at radius 1 is 0.900 bits per heavy atom. The van der Waals surface area contributed by atoms with Crippen molar-refractivity contribution in [1.82, 2.24) is 25.3 Å².